The van der Waals surface area contributed by atoms with Crippen molar-refractivity contribution in [2.75, 3.05) is 0 Å². The van der Waals surface area contributed by atoms with Gasteiger partial charge in [-0.2, -0.15) is 0 Å². The van der Waals surface area contributed by atoms with Crippen molar-refractivity contribution in [1.29, 1.82) is 0 Å². The monoisotopic (exact) mass is 136 g/mol. The lowest BCUT2D eigenvalue weighted by molar-refractivity contribution is -0.140. The molecule has 1 N–H and O–H groups in total. The van der Waals surface area contributed by atoms with Crippen LogP contribution in [-0.2, 0) is 4.79 Å². The van der Waals surface area contributed by atoms with Crippen molar-refractivity contribution in [1.82, 2.24) is 0 Å². The van der Waals surface area contributed by atoms with Gasteiger partial charge in [0, 0.05) is 0 Å². The highest BCUT2D eigenvalue weighted by molar-refractivity contribution is 5.68. The third-order valence-corrected chi connectivity index (χ3v) is 0.494. The molecule has 0 radical (unpaired) electrons. The molecule has 0 saturated carbocycles. The molecule has 2 nitrogen and oxygen atoms in total. The van der Waals surface area contributed by atoms with Gasteiger partial charge >= 0.3 is 5.97 Å². The number of hydrogen-bond acceptors (Lipinski definition) is 1. The normalized spacial score (nSPS) is 6.11. The van der Waals surface area contributed by atoms with Crippen molar-refractivity contribution in [2.24, 2.45) is 5.92 Å². The third kappa shape index (κ3) is 18.6. The van der Waals surface area contributed by atoms with Crippen LogP contribution in [0.5, 0.6) is 0 Å². The second kappa shape index (κ2) is 10.5. The van der Waals surface area contributed by atoms with E-state index in [9.17, 15) is 4.79 Å². The first-order chi connectivity index (χ1) is 2.64. The predicted molar refractivity (Wildman–Crippen MR) is 42.7 cm³/mol. The van der Waals surface area contributed by atoms with Gasteiger partial charge < -0.3 is 5.11 Å². The van der Waals surface area contributed by atoms with E-state index in [-0.39, 0.29) is 28.2 Å². The highest BCUT2D eigenvalue weighted by Gasteiger charge is 1.99. The summed E-state index contributed by atoms with van der Waals surface area (Å²) in [6.07, 6.45) is 0. The Balaban J connectivity index is -0.0000000417. The van der Waals surface area contributed by atoms with E-state index in [0.717, 1.165) is 0 Å². The third-order valence-electron chi connectivity index (χ3n) is 0.494. The summed E-state index contributed by atoms with van der Waals surface area (Å²) in [4.78, 5) is 9.70. The molecule has 2 heteroatoms. The Morgan fingerprint density at radius 1 is 1.22 bits per heavy atom. The fourth-order valence-corrected chi connectivity index (χ4v) is 0. The number of carboxylic acid groups (broad SMARTS) is 1. The van der Waals surface area contributed by atoms with Gasteiger partial charge in [0.25, 0.3) is 0 Å². The van der Waals surface area contributed by atoms with Crippen LogP contribution in [0.15, 0.2) is 0 Å². The molecule has 0 atom stereocenters. The molecule has 0 saturated heterocycles. The molecule has 0 aliphatic heterocycles. The highest BCUT2D eigenvalue weighted by atomic mass is 16.4. The standard InChI is InChI=1S/C4H8O2.3CH4/c1-3(2)4(5)6;;;/h3H,1-2H3,(H,5,6);3*1H4. The van der Waals surface area contributed by atoms with E-state index in [1.165, 1.54) is 0 Å². The minimum atomic E-state index is -0.741. The van der Waals surface area contributed by atoms with Gasteiger partial charge in [-0.05, 0) is 0 Å². The van der Waals surface area contributed by atoms with E-state index in [1.54, 1.807) is 13.8 Å². The Morgan fingerprint density at radius 3 is 1.33 bits per heavy atom. The average molecular weight is 136 g/mol. The van der Waals surface area contributed by atoms with Gasteiger partial charge in [0.2, 0.25) is 0 Å². The fraction of sp³-hybridized carbons (Fsp3) is 0.857. The van der Waals surface area contributed by atoms with Crippen molar-refractivity contribution in [3.63, 3.8) is 0 Å². The van der Waals surface area contributed by atoms with Crippen LogP contribution >= 0.6 is 0 Å². The zero-order valence-corrected chi connectivity index (χ0v) is 3.93. The van der Waals surface area contributed by atoms with Crippen LogP contribution in [-0.4, -0.2) is 11.1 Å². The van der Waals surface area contributed by atoms with Crippen LogP contribution in [0.1, 0.15) is 36.1 Å². The van der Waals surface area contributed by atoms with E-state index in [0.29, 0.717) is 0 Å². The van der Waals surface area contributed by atoms with E-state index >= 15 is 0 Å². The molecule has 0 rings (SSSR count). The van der Waals surface area contributed by atoms with Crippen LogP contribution in [0, 0.1) is 5.92 Å². The molecule has 0 aromatic carbocycles. The van der Waals surface area contributed by atoms with Crippen LogP contribution in [0.2, 0.25) is 0 Å². The summed E-state index contributed by atoms with van der Waals surface area (Å²) in [7, 11) is 0. The lowest BCUT2D eigenvalue weighted by Crippen LogP contribution is -2.03. The Kier molecular flexibility index (Phi) is 27.5. The Bertz CT molecular complexity index is 57.9. The molecule has 0 unspecified atom stereocenters. The maximum atomic E-state index is 9.70. The lowest BCUT2D eigenvalue weighted by atomic mass is 10.2. The maximum Gasteiger partial charge on any atom is 0.305 e. The van der Waals surface area contributed by atoms with Crippen LogP contribution in [0.25, 0.3) is 0 Å². The van der Waals surface area contributed by atoms with E-state index in [2.05, 4.69) is 0 Å². The topological polar surface area (TPSA) is 37.3 Å². The maximum absolute atomic E-state index is 9.70. The first-order valence-electron chi connectivity index (χ1n) is 1.87. The first kappa shape index (κ1) is 23.7. The molecular formula is C7H20O2. The number of aliphatic carboxylic acids is 1. The number of hydrogen-bond donors (Lipinski definition) is 1. The van der Waals surface area contributed by atoms with Crippen LogP contribution < -0.4 is 0 Å². The van der Waals surface area contributed by atoms with E-state index < -0.39 is 5.97 Å². The number of carbonyl (C=O) groups is 1. The Hall–Kier alpha value is -0.530. The molecule has 0 aromatic rings. The van der Waals surface area contributed by atoms with Gasteiger partial charge in [0.1, 0.15) is 0 Å². The van der Waals surface area contributed by atoms with Crippen molar-refractivity contribution in [3.8, 4) is 0 Å². The molecular weight excluding hydrogens is 116 g/mol. The summed E-state index contributed by atoms with van der Waals surface area (Å²) >= 11 is 0. The molecule has 0 aliphatic carbocycles. The quantitative estimate of drug-likeness (QED) is 0.601. The summed E-state index contributed by atoms with van der Waals surface area (Å²) < 4.78 is 0. The van der Waals surface area contributed by atoms with Gasteiger partial charge in [0.05, 0.1) is 5.92 Å². The first-order valence-corrected chi connectivity index (χ1v) is 1.87. The zero-order valence-electron chi connectivity index (χ0n) is 3.93. The summed E-state index contributed by atoms with van der Waals surface area (Å²) in [5, 5.41) is 7.99. The summed E-state index contributed by atoms with van der Waals surface area (Å²) in [6, 6.07) is 0. The van der Waals surface area contributed by atoms with Crippen LogP contribution in [0.4, 0.5) is 0 Å². The van der Waals surface area contributed by atoms with Gasteiger partial charge in [-0.25, -0.2) is 0 Å². The minimum absolute atomic E-state index is 0. The summed E-state index contributed by atoms with van der Waals surface area (Å²) in [6.45, 7) is 3.28. The fourth-order valence-electron chi connectivity index (χ4n) is 0. The highest BCUT2D eigenvalue weighted by Crippen LogP contribution is 1.87. The van der Waals surface area contributed by atoms with Gasteiger partial charge in [-0.3, -0.25) is 4.79 Å². The molecule has 0 spiro atoms. The van der Waals surface area contributed by atoms with Gasteiger partial charge in [0.15, 0.2) is 0 Å². The molecule has 0 heterocycles. The molecule has 0 amide bonds. The molecule has 60 valence electrons. The second-order valence-corrected chi connectivity index (χ2v) is 1.49. The Labute approximate surface area is 58.9 Å². The minimum Gasteiger partial charge on any atom is -0.481 e. The van der Waals surface area contributed by atoms with Crippen molar-refractivity contribution in [3.05, 3.63) is 0 Å². The summed E-state index contributed by atoms with van der Waals surface area (Å²) in [5.41, 5.74) is 0. The average Bonchev–Trinajstić information content (AvgIpc) is 1.36. The largest absolute Gasteiger partial charge is 0.481 e. The zero-order chi connectivity index (χ0) is 5.15. The van der Waals surface area contributed by atoms with E-state index in [1.807, 2.05) is 0 Å². The molecule has 0 aliphatic rings. The molecule has 9 heavy (non-hydrogen) atoms. The number of rotatable bonds is 1. The molecule has 0 aromatic heterocycles. The summed E-state index contributed by atoms with van der Waals surface area (Å²) in [5.74, 6) is -0.972. The molecule has 0 fully saturated rings. The number of carboxylic acids is 1. The van der Waals surface area contributed by atoms with Crippen molar-refractivity contribution in [2.45, 2.75) is 36.1 Å². The smallest absolute Gasteiger partial charge is 0.305 e. The van der Waals surface area contributed by atoms with Crippen LogP contribution in [0.3, 0.4) is 0 Å². The molecule has 0 bridgehead atoms. The van der Waals surface area contributed by atoms with Gasteiger partial charge in [-0.1, -0.05) is 36.1 Å². The van der Waals surface area contributed by atoms with Gasteiger partial charge in [-0.15, -0.1) is 0 Å². The van der Waals surface area contributed by atoms with Crippen molar-refractivity contribution < 1.29 is 9.90 Å². The Morgan fingerprint density at radius 2 is 1.33 bits per heavy atom. The second-order valence-electron chi connectivity index (χ2n) is 1.49. The van der Waals surface area contributed by atoms with E-state index in [4.69, 9.17) is 5.11 Å². The lowest BCUT2D eigenvalue weighted by Gasteiger charge is -1.89. The SMILES string of the molecule is C.C.C.CC(C)C(=O)O. The van der Waals surface area contributed by atoms with Crippen molar-refractivity contribution >= 4 is 5.97 Å². The predicted octanol–water partition coefficient (Wildman–Crippen LogP) is 2.64.